The third-order valence-corrected chi connectivity index (χ3v) is 9.48. The topological polar surface area (TPSA) is 54.4 Å². The zero-order valence-corrected chi connectivity index (χ0v) is 9.64. The summed E-state index contributed by atoms with van der Waals surface area (Å²) < 4.78 is 18.7. The van der Waals surface area contributed by atoms with Crippen LogP contribution in [0.2, 0.25) is 0 Å². The van der Waals surface area contributed by atoms with E-state index >= 15 is 0 Å². The first-order chi connectivity index (χ1) is 4.80. The van der Waals surface area contributed by atoms with Crippen LogP contribution < -0.4 is 0 Å². The van der Waals surface area contributed by atoms with Crippen LogP contribution in [0.4, 0.5) is 0 Å². The zero-order valence-electron chi connectivity index (χ0n) is 4.82. The maximum Gasteiger partial charge on any atom is 0.459 e. The molecule has 1 N–H and O–H groups in total. The highest BCUT2D eigenvalue weighted by molar-refractivity contribution is 8.27. The lowest BCUT2D eigenvalue weighted by Gasteiger charge is -1.99. The van der Waals surface area contributed by atoms with Gasteiger partial charge in [0.25, 0.3) is 0 Å². The van der Waals surface area contributed by atoms with Crippen molar-refractivity contribution in [3.63, 3.8) is 0 Å². The largest absolute Gasteiger partial charge is 0.459 e. The van der Waals surface area contributed by atoms with Gasteiger partial charge in [0.1, 0.15) is 0 Å². The van der Waals surface area contributed by atoms with E-state index in [1.165, 1.54) is 0 Å². The summed E-state index contributed by atoms with van der Waals surface area (Å²) in [6.07, 6.45) is 0. The van der Waals surface area contributed by atoms with Crippen LogP contribution in [0.5, 0.6) is 0 Å². The van der Waals surface area contributed by atoms with Gasteiger partial charge in [0.05, 0.1) is 0 Å². The van der Waals surface area contributed by atoms with Gasteiger partial charge in [-0.2, -0.15) is 0 Å². The van der Waals surface area contributed by atoms with Gasteiger partial charge in [0, 0.05) is 0 Å². The molecule has 11 heavy (non-hydrogen) atoms. The SMILES string of the molecule is O=[P+](C(Cl)Cl)P(=O)(O)C(Cl)Cl. The molecule has 0 aromatic heterocycles. The first-order valence-corrected chi connectivity index (χ1v) is 7.66. The Hall–Kier alpha value is 1.45. The number of hydrogen-bond donors (Lipinski definition) is 1. The second kappa shape index (κ2) is 4.62. The molecular formula is C2H3Cl4O3P2+. The molecule has 0 aliphatic carbocycles. The summed E-state index contributed by atoms with van der Waals surface area (Å²) in [7, 11) is -6.83. The van der Waals surface area contributed by atoms with E-state index in [0.717, 1.165) is 0 Å². The lowest BCUT2D eigenvalue weighted by Crippen LogP contribution is -1.89. The first kappa shape index (κ1) is 12.4. The molecule has 0 saturated carbocycles. The van der Waals surface area contributed by atoms with Gasteiger partial charge in [-0.15, -0.1) is 0 Å². The summed E-state index contributed by atoms with van der Waals surface area (Å²) in [4.78, 5) is 8.87. The smallest absolute Gasteiger partial charge is 0.307 e. The highest BCUT2D eigenvalue weighted by Gasteiger charge is 2.52. The van der Waals surface area contributed by atoms with Crippen molar-refractivity contribution < 1.29 is 14.0 Å². The van der Waals surface area contributed by atoms with Gasteiger partial charge in [-0.25, -0.2) is 4.57 Å². The van der Waals surface area contributed by atoms with E-state index in [1.54, 1.807) is 0 Å². The summed E-state index contributed by atoms with van der Waals surface area (Å²) in [5, 5.41) is 0. The summed E-state index contributed by atoms with van der Waals surface area (Å²) in [5.41, 5.74) is 0. The maximum atomic E-state index is 10.9. The normalized spacial score (nSPS) is 18.6. The number of alkyl halides is 4. The average molecular weight is 279 g/mol. The molecule has 2 atom stereocenters. The standard InChI is InChI=1S/C2H2Cl4O3P2/c3-1(4)10(7)11(8,9)2(5)6/h1-2H/p+1. The monoisotopic (exact) mass is 277 g/mol. The Balaban J connectivity index is 4.58. The quantitative estimate of drug-likeness (QED) is 0.635. The van der Waals surface area contributed by atoms with Crippen molar-refractivity contribution >= 4 is 61.0 Å². The van der Waals surface area contributed by atoms with Crippen LogP contribution in [0.3, 0.4) is 0 Å². The Morgan fingerprint density at radius 1 is 1.27 bits per heavy atom. The molecule has 0 saturated heterocycles. The zero-order chi connectivity index (χ0) is 9.23. The lowest BCUT2D eigenvalue weighted by atomic mass is 11.9. The first-order valence-electron chi connectivity index (χ1n) is 2.15. The van der Waals surface area contributed by atoms with E-state index < -0.39 is 23.7 Å². The molecule has 0 fully saturated rings. The summed E-state index contributed by atoms with van der Waals surface area (Å²) >= 11 is 20.3. The van der Waals surface area contributed by atoms with Crippen LogP contribution in [-0.2, 0) is 9.13 Å². The molecule has 0 aromatic carbocycles. The van der Waals surface area contributed by atoms with Crippen LogP contribution in [-0.4, -0.2) is 14.0 Å². The van der Waals surface area contributed by atoms with Gasteiger partial charge < -0.3 is 4.89 Å². The van der Waals surface area contributed by atoms with Crippen LogP contribution in [0.15, 0.2) is 0 Å². The van der Waals surface area contributed by atoms with Gasteiger partial charge >= 0.3 is 19.1 Å². The second-order valence-corrected chi connectivity index (χ2v) is 10.6. The van der Waals surface area contributed by atoms with Gasteiger partial charge in [-0.3, -0.25) is 0 Å². The summed E-state index contributed by atoms with van der Waals surface area (Å²) in [6, 6.07) is 0. The lowest BCUT2D eigenvalue weighted by molar-refractivity contribution is 0.493. The minimum atomic E-state index is -4.14. The molecule has 0 bridgehead atoms. The minimum absolute atomic E-state index is 1.43. The molecule has 3 nitrogen and oxygen atoms in total. The number of rotatable bonds is 3. The van der Waals surface area contributed by atoms with Gasteiger partial charge in [-0.1, -0.05) is 27.8 Å². The Bertz CT molecular complexity index is 204. The van der Waals surface area contributed by atoms with Crippen molar-refractivity contribution in [2.75, 3.05) is 0 Å². The van der Waals surface area contributed by atoms with Crippen molar-refractivity contribution in [2.24, 2.45) is 0 Å². The van der Waals surface area contributed by atoms with E-state index in [9.17, 15) is 9.13 Å². The minimum Gasteiger partial charge on any atom is -0.307 e. The van der Waals surface area contributed by atoms with Crippen molar-refractivity contribution in [1.29, 1.82) is 0 Å². The molecule has 2 unspecified atom stereocenters. The summed E-state index contributed by atoms with van der Waals surface area (Å²) in [5.74, 6) is 0. The molecule has 0 heterocycles. The molecule has 0 spiro atoms. The molecule has 0 aliphatic rings. The third-order valence-electron chi connectivity index (χ3n) is 0.704. The van der Waals surface area contributed by atoms with Crippen molar-refractivity contribution in [3.8, 4) is 0 Å². The Morgan fingerprint density at radius 3 is 1.73 bits per heavy atom. The van der Waals surface area contributed by atoms with Crippen molar-refractivity contribution in [2.45, 2.75) is 9.15 Å². The van der Waals surface area contributed by atoms with E-state index in [2.05, 4.69) is 0 Å². The van der Waals surface area contributed by atoms with Gasteiger partial charge in [-0.05, 0) is 23.2 Å². The Kier molecular flexibility index (Phi) is 5.23. The fraction of sp³-hybridized carbons (Fsp3) is 1.00. The third kappa shape index (κ3) is 3.36. The molecule has 0 radical (unpaired) electrons. The van der Waals surface area contributed by atoms with E-state index in [0.29, 0.717) is 0 Å². The van der Waals surface area contributed by atoms with E-state index in [1.807, 2.05) is 0 Å². The number of halogens is 4. The molecule has 0 rings (SSSR count). The van der Waals surface area contributed by atoms with Gasteiger partial charge in [0.15, 0.2) is 0 Å². The summed E-state index contributed by atoms with van der Waals surface area (Å²) in [6.45, 7) is 0. The Morgan fingerprint density at radius 2 is 1.64 bits per heavy atom. The Labute approximate surface area is 84.1 Å². The highest BCUT2D eigenvalue weighted by Crippen LogP contribution is 2.73. The van der Waals surface area contributed by atoms with Crippen LogP contribution >= 0.6 is 61.0 Å². The maximum absolute atomic E-state index is 10.9. The molecule has 0 amide bonds. The molecule has 0 aromatic rings. The number of hydrogen-bond acceptors (Lipinski definition) is 2. The molecule has 9 heteroatoms. The fourth-order valence-electron chi connectivity index (χ4n) is 0.211. The van der Waals surface area contributed by atoms with E-state index in [-0.39, 0.29) is 0 Å². The molecular weight excluding hydrogens is 276 g/mol. The van der Waals surface area contributed by atoms with E-state index in [4.69, 9.17) is 51.3 Å². The van der Waals surface area contributed by atoms with Crippen LogP contribution in [0.25, 0.3) is 0 Å². The average Bonchev–Trinajstić information content (AvgIpc) is 1.85. The predicted molar refractivity (Wildman–Crippen MR) is 48.4 cm³/mol. The van der Waals surface area contributed by atoms with Crippen LogP contribution in [0.1, 0.15) is 0 Å². The molecule has 66 valence electrons. The van der Waals surface area contributed by atoms with Crippen LogP contribution in [0, 0.1) is 0 Å². The fourth-order valence-corrected chi connectivity index (χ4v) is 5.70. The highest BCUT2D eigenvalue weighted by atomic mass is 35.5. The molecule has 0 aliphatic heterocycles. The predicted octanol–water partition coefficient (Wildman–Crippen LogP) is 3.52. The van der Waals surface area contributed by atoms with Gasteiger partial charge in [0.2, 0.25) is 4.58 Å². The second-order valence-electron chi connectivity index (χ2n) is 1.45. The van der Waals surface area contributed by atoms with Crippen molar-refractivity contribution in [3.05, 3.63) is 0 Å². The van der Waals surface area contributed by atoms with Crippen molar-refractivity contribution in [1.82, 2.24) is 0 Å².